The molecule has 1 unspecified atom stereocenters. The first-order valence-corrected chi connectivity index (χ1v) is 9.63. The van der Waals surface area contributed by atoms with Crippen molar-refractivity contribution in [2.75, 3.05) is 13.2 Å². The summed E-state index contributed by atoms with van der Waals surface area (Å²) < 4.78 is 71.2. The highest BCUT2D eigenvalue weighted by Crippen LogP contribution is 2.46. The van der Waals surface area contributed by atoms with E-state index in [2.05, 4.69) is 19.2 Å². The number of amides is 1. The average molecular weight is 453 g/mol. The number of carbonyl (C=O) groups excluding carboxylic acids is 2. The molecule has 0 saturated carbocycles. The Kier molecular flexibility index (Phi) is 7.39. The number of alkyl halides is 3. The second-order valence-corrected chi connectivity index (χ2v) is 7.77. The van der Waals surface area contributed by atoms with E-state index in [4.69, 9.17) is 4.74 Å². The number of ether oxygens (including phenoxy) is 1. The quantitative estimate of drug-likeness (QED) is 0.298. The van der Waals surface area contributed by atoms with Crippen LogP contribution in [0.1, 0.15) is 18.9 Å². The van der Waals surface area contributed by atoms with Gasteiger partial charge in [0.25, 0.3) is 5.91 Å². The summed E-state index contributed by atoms with van der Waals surface area (Å²) in [7, 11) is 0. The average Bonchev–Trinajstić information content (AvgIpc) is 2.86. The highest BCUT2D eigenvalue weighted by molar-refractivity contribution is 8.14. The van der Waals surface area contributed by atoms with Gasteiger partial charge in [-0.15, -0.1) is 12.6 Å². The van der Waals surface area contributed by atoms with Crippen LogP contribution in [0, 0.1) is 11.6 Å². The first-order chi connectivity index (χ1) is 13.5. The van der Waals surface area contributed by atoms with E-state index in [9.17, 15) is 31.5 Å². The van der Waals surface area contributed by atoms with Gasteiger partial charge in [0.1, 0.15) is 16.3 Å². The summed E-state index contributed by atoms with van der Waals surface area (Å²) in [6, 6.07) is 1.87. The summed E-state index contributed by atoms with van der Waals surface area (Å²) in [6.45, 7) is 4.57. The Morgan fingerprint density at radius 1 is 1.28 bits per heavy atom. The van der Waals surface area contributed by atoms with Gasteiger partial charge in [0, 0.05) is 18.2 Å². The van der Waals surface area contributed by atoms with Gasteiger partial charge in [0.15, 0.2) is 0 Å². The van der Waals surface area contributed by atoms with Crippen molar-refractivity contribution in [3.63, 3.8) is 0 Å². The molecule has 0 bridgehead atoms. The van der Waals surface area contributed by atoms with E-state index < -0.39 is 56.0 Å². The van der Waals surface area contributed by atoms with Gasteiger partial charge >= 0.3 is 12.1 Å². The first kappa shape index (κ1) is 23.3. The smallest absolute Gasteiger partial charge is 0.416 e. The molecule has 1 aromatic carbocycles. The van der Waals surface area contributed by atoms with E-state index in [1.165, 1.54) is 0 Å². The Labute approximate surface area is 173 Å². The number of allylic oxidation sites excluding steroid dienone is 2. The predicted molar refractivity (Wildman–Crippen MR) is 102 cm³/mol. The van der Waals surface area contributed by atoms with Crippen molar-refractivity contribution in [2.24, 2.45) is 0 Å². The lowest BCUT2D eigenvalue weighted by molar-refractivity contribution is -0.143. The maximum atomic E-state index is 13.6. The first-order valence-electron chi connectivity index (χ1n) is 8.24. The summed E-state index contributed by atoms with van der Waals surface area (Å²) in [5.41, 5.74) is -2.64. The molecule has 4 nitrogen and oxygen atoms in total. The number of esters is 1. The second kappa shape index (κ2) is 9.21. The van der Waals surface area contributed by atoms with Gasteiger partial charge in [0.05, 0.1) is 23.5 Å². The molecule has 11 heteroatoms. The minimum atomic E-state index is -4.95. The second-order valence-electron chi connectivity index (χ2n) is 5.84. The lowest BCUT2D eigenvalue weighted by atomic mass is 9.97. The van der Waals surface area contributed by atoms with E-state index in [1.54, 1.807) is 6.92 Å². The van der Waals surface area contributed by atoms with Gasteiger partial charge in [-0.2, -0.15) is 13.2 Å². The van der Waals surface area contributed by atoms with Gasteiger partial charge in [0.2, 0.25) is 0 Å². The molecular formula is C18H16F5NO3S2. The van der Waals surface area contributed by atoms with Crippen molar-refractivity contribution in [1.82, 2.24) is 4.90 Å². The van der Waals surface area contributed by atoms with Crippen LogP contribution in [0.15, 0.2) is 35.3 Å². The van der Waals surface area contributed by atoms with Crippen molar-refractivity contribution in [1.29, 1.82) is 0 Å². The van der Waals surface area contributed by atoms with Crippen LogP contribution in [-0.2, 0) is 14.3 Å². The van der Waals surface area contributed by atoms with Gasteiger partial charge in [-0.05, 0) is 24.6 Å². The number of hydrogen-bond donors (Lipinski definition) is 1. The molecule has 2 rings (SSSR count). The lowest BCUT2D eigenvalue weighted by Gasteiger charge is -2.19. The summed E-state index contributed by atoms with van der Waals surface area (Å²) in [6.07, 6.45) is -5.13. The molecule has 1 saturated heterocycles. The summed E-state index contributed by atoms with van der Waals surface area (Å²) >= 11 is 4.84. The third kappa shape index (κ3) is 5.53. The maximum Gasteiger partial charge on any atom is 0.416 e. The van der Waals surface area contributed by atoms with Crippen LogP contribution in [0.2, 0.25) is 0 Å². The molecule has 1 amide bonds. The molecule has 0 aliphatic carbocycles. The topological polar surface area (TPSA) is 46.6 Å². The fourth-order valence-electron chi connectivity index (χ4n) is 2.56. The highest BCUT2D eigenvalue weighted by Gasteiger charge is 2.42. The van der Waals surface area contributed by atoms with E-state index in [0.717, 1.165) is 4.90 Å². The zero-order chi connectivity index (χ0) is 21.9. The molecule has 0 aromatic heterocycles. The van der Waals surface area contributed by atoms with Crippen LogP contribution in [0.3, 0.4) is 0 Å². The largest absolute Gasteiger partial charge is 0.466 e. The fraction of sp³-hybridized carbons (Fsp3) is 0.333. The number of thioether (sulfide) groups is 1. The highest BCUT2D eigenvalue weighted by atomic mass is 32.2. The zero-order valence-electron chi connectivity index (χ0n) is 15.1. The number of nitrogens with zero attached hydrogens (tertiary/aromatic N) is 1. The van der Waals surface area contributed by atoms with Gasteiger partial charge in [-0.1, -0.05) is 18.3 Å². The zero-order valence-corrected chi connectivity index (χ0v) is 16.8. The number of rotatable bonds is 6. The third-order valence-electron chi connectivity index (χ3n) is 3.83. The minimum Gasteiger partial charge on any atom is -0.466 e. The molecule has 1 heterocycles. The van der Waals surface area contributed by atoms with E-state index in [0.29, 0.717) is 30.0 Å². The minimum absolute atomic E-state index is 0.137. The molecule has 0 spiro atoms. The van der Waals surface area contributed by atoms with Crippen molar-refractivity contribution in [3.8, 4) is 0 Å². The normalized spacial score (nSPS) is 18.8. The molecule has 1 aromatic rings. The van der Waals surface area contributed by atoms with Crippen molar-refractivity contribution in [2.45, 2.75) is 24.2 Å². The summed E-state index contributed by atoms with van der Waals surface area (Å²) in [4.78, 5) is 24.9. The van der Waals surface area contributed by atoms with Crippen LogP contribution >= 0.6 is 24.4 Å². The molecule has 158 valence electrons. The summed E-state index contributed by atoms with van der Waals surface area (Å²) in [5.74, 6) is -3.66. The Morgan fingerprint density at radius 2 is 1.86 bits per heavy atom. The van der Waals surface area contributed by atoms with Gasteiger partial charge in [-0.3, -0.25) is 9.59 Å². The predicted octanol–water partition coefficient (Wildman–Crippen LogP) is 4.54. The molecule has 1 atom stereocenters. The molecule has 1 fully saturated rings. The van der Waals surface area contributed by atoms with Crippen molar-refractivity contribution >= 4 is 41.8 Å². The molecule has 1 aliphatic rings. The SMILES string of the molecule is C=C(/C(=C1\SC(S)N(CCC(=O)OCC)C1=O)c1cc(F)cc(F)c1)C(F)(F)F. The number of benzene rings is 1. The van der Waals surface area contributed by atoms with E-state index >= 15 is 0 Å². The van der Waals surface area contributed by atoms with Crippen LogP contribution in [0.5, 0.6) is 0 Å². The number of halogens is 5. The number of carbonyl (C=O) groups is 2. The van der Waals surface area contributed by atoms with E-state index in [-0.39, 0.29) is 19.6 Å². The summed E-state index contributed by atoms with van der Waals surface area (Å²) in [5, 5.41) is 0. The number of hydrogen-bond acceptors (Lipinski definition) is 5. The van der Waals surface area contributed by atoms with Crippen molar-refractivity contribution < 1.29 is 36.3 Å². The van der Waals surface area contributed by atoms with Crippen LogP contribution < -0.4 is 0 Å². The van der Waals surface area contributed by atoms with E-state index in [1.807, 2.05) is 0 Å². The fourth-order valence-corrected chi connectivity index (χ4v) is 4.21. The van der Waals surface area contributed by atoms with Crippen molar-refractivity contribution in [3.05, 3.63) is 52.5 Å². The molecule has 1 aliphatic heterocycles. The molecule has 29 heavy (non-hydrogen) atoms. The third-order valence-corrected chi connectivity index (χ3v) is 5.50. The Bertz CT molecular complexity index is 849. The molecule has 0 N–H and O–H groups in total. The molecule has 0 radical (unpaired) electrons. The lowest BCUT2D eigenvalue weighted by Crippen LogP contribution is -2.32. The Morgan fingerprint density at radius 3 is 2.38 bits per heavy atom. The maximum absolute atomic E-state index is 13.6. The van der Waals surface area contributed by atoms with Crippen LogP contribution in [-0.4, -0.2) is 40.8 Å². The van der Waals surface area contributed by atoms with Gasteiger partial charge < -0.3 is 9.64 Å². The monoisotopic (exact) mass is 453 g/mol. The van der Waals surface area contributed by atoms with Gasteiger partial charge in [-0.25, -0.2) is 8.78 Å². The molecular weight excluding hydrogens is 437 g/mol. The van der Waals surface area contributed by atoms with Crippen LogP contribution in [0.4, 0.5) is 22.0 Å². The van der Waals surface area contributed by atoms with Crippen LogP contribution in [0.25, 0.3) is 5.57 Å². The standard InChI is InChI=1S/C18H16F5NO3S2/c1-3-27-13(25)4-5-24-16(26)15(29-17(24)28)14(9(2)18(21,22)23)10-6-11(19)8-12(20)7-10/h6-8,17,28H,2-5H2,1H3/b15-14+. The Balaban J connectivity index is 2.49. The Hall–Kier alpha value is -2.01. The number of thiol groups is 1.